The Morgan fingerprint density at radius 3 is 2.78 bits per heavy atom. The number of carbonyl (C=O) groups excluding carboxylic acids is 1. The third kappa shape index (κ3) is 4.90. The van der Waals surface area contributed by atoms with E-state index in [2.05, 4.69) is 15.5 Å². The highest BCUT2D eigenvalue weighted by atomic mass is 16.5. The van der Waals surface area contributed by atoms with Gasteiger partial charge in [-0.15, -0.1) is 0 Å². The van der Waals surface area contributed by atoms with Gasteiger partial charge >= 0.3 is 6.03 Å². The first kappa shape index (κ1) is 18.1. The van der Waals surface area contributed by atoms with Crippen molar-refractivity contribution in [2.45, 2.75) is 37.8 Å². The Labute approximate surface area is 159 Å². The van der Waals surface area contributed by atoms with Gasteiger partial charge in [-0.2, -0.15) is 0 Å². The number of rotatable bonds is 5. The molecule has 2 aromatic rings. The molecule has 2 aliphatic rings. The van der Waals surface area contributed by atoms with E-state index in [1.54, 1.807) is 6.26 Å². The first-order valence-electron chi connectivity index (χ1n) is 9.82. The number of likely N-dealkylation sites (tertiary alicyclic amines) is 1. The zero-order valence-corrected chi connectivity index (χ0v) is 15.5. The van der Waals surface area contributed by atoms with Crippen molar-refractivity contribution in [3.8, 4) is 11.3 Å². The van der Waals surface area contributed by atoms with Crippen LogP contribution >= 0.6 is 0 Å². The van der Waals surface area contributed by atoms with E-state index in [1.807, 2.05) is 36.4 Å². The Balaban J connectivity index is 1.23. The summed E-state index contributed by atoms with van der Waals surface area (Å²) in [5.41, 5.74) is 1.71. The number of benzene rings is 1. The predicted octanol–water partition coefficient (Wildman–Crippen LogP) is 3.71. The molecule has 2 amide bonds. The Bertz CT molecular complexity index is 733. The van der Waals surface area contributed by atoms with Gasteiger partial charge in [-0.1, -0.05) is 12.1 Å². The second-order valence-corrected chi connectivity index (χ2v) is 7.37. The Morgan fingerprint density at radius 1 is 1.15 bits per heavy atom. The van der Waals surface area contributed by atoms with E-state index in [0.717, 1.165) is 56.1 Å². The average Bonchev–Trinajstić information content (AvgIpc) is 3.37. The third-order valence-electron chi connectivity index (χ3n) is 5.33. The molecule has 0 spiro atoms. The van der Waals surface area contributed by atoms with Gasteiger partial charge in [-0.05, 0) is 49.9 Å². The summed E-state index contributed by atoms with van der Waals surface area (Å²) in [6.07, 6.45) is 6.37. The van der Waals surface area contributed by atoms with Crippen LogP contribution < -0.4 is 10.6 Å². The van der Waals surface area contributed by atoms with Crippen LogP contribution in [0.4, 0.5) is 10.5 Å². The van der Waals surface area contributed by atoms with Crippen LogP contribution in [-0.4, -0.2) is 49.3 Å². The molecular weight excluding hydrogens is 342 g/mol. The van der Waals surface area contributed by atoms with E-state index >= 15 is 0 Å². The predicted molar refractivity (Wildman–Crippen MR) is 105 cm³/mol. The van der Waals surface area contributed by atoms with E-state index in [9.17, 15) is 4.79 Å². The first-order chi connectivity index (χ1) is 13.3. The first-order valence-corrected chi connectivity index (χ1v) is 9.82. The monoisotopic (exact) mass is 369 g/mol. The molecule has 0 unspecified atom stereocenters. The molecule has 2 saturated heterocycles. The summed E-state index contributed by atoms with van der Waals surface area (Å²) in [7, 11) is 0. The molecule has 0 radical (unpaired) electrons. The van der Waals surface area contributed by atoms with Gasteiger partial charge in [0.05, 0.1) is 12.4 Å². The lowest BCUT2D eigenvalue weighted by molar-refractivity contribution is 0.0633. The number of hydrogen-bond donors (Lipinski definition) is 2. The maximum atomic E-state index is 12.4. The van der Waals surface area contributed by atoms with Crippen LogP contribution in [0.2, 0.25) is 0 Å². The number of urea groups is 1. The molecule has 6 nitrogen and oxygen atoms in total. The smallest absolute Gasteiger partial charge is 0.319 e. The average molecular weight is 369 g/mol. The van der Waals surface area contributed by atoms with E-state index in [4.69, 9.17) is 9.15 Å². The summed E-state index contributed by atoms with van der Waals surface area (Å²) in [5, 5.41) is 6.04. The number of furan rings is 1. The molecule has 27 heavy (non-hydrogen) atoms. The van der Waals surface area contributed by atoms with E-state index in [1.165, 1.54) is 12.8 Å². The number of nitrogens with zero attached hydrogens (tertiary/aromatic N) is 1. The standard InChI is InChI=1S/C21H27N3O3/c25-21(23-18-5-1-4-16(14-18)20-7-3-13-27-20)22-17-8-10-24(11-9-17)15-19-6-2-12-26-19/h1,3-5,7,13-14,17,19H,2,6,8-12,15H2,(H2,22,23,25)/t19-/m1/s1. The summed E-state index contributed by atoms with van der Waals surface area (Å²) in [4.78, 5) is 14.8. The highest BCUT2D eigenvalue weighted by molar-refractivity contribution is 5.90. The molecule has 1 aromatic heterocycles. The van der Waals surface area contributed by atoms with Crippen molar-refractivity contribution in [1.82, 2.24) is 10.2 Å². The van der Waals surface area contributed by atoms with Crippen molar-refractivity contribution in [3.63, 3.8) is 0 Å². The lowest BCUT2D eigenvalue weighted by Gasteiger charge is -2.33. The van der Waals surface area contributed by atoms with Gasteiger partial charge < -0.3 is 24.7 Å². The molecule has 2 N–H and O–H groups in total. The molecule has 2 aliphatic heterocycles. The molecule has 0 saturated carbocycles. The van der Waals surface area contributed by atoms with Crippen LogP contribution in [0.25, 0.3) is 11.3 Å². The van der Waals surface area contributed by atoms with Gasteiger partial charge in [0.15, 0.2) is 0 Å². The van der Waals surface area contributed by atoms with E-state index in [-0.39, 0.29) is 12.1 Å². The van der Waals surface area contributed by atoms with Crippen LogP contribution in [0.15, 0.2) is 47.1 Å². The van der Waals surface area contributed by atoms with Gasteiger partial charge in [-0.3, -0.25) is 0 Å². The third-order valence-corrected chi connectivity index (χ3v) is 5.33. The molecule has 3 heterocycles. The highest BCUT2D eigenvalue weighted by Crippen LogP contribution is 2.23. The fourth-order valence-corrected chi connectivity index (χ4v) is 3.88. The van der Waals surface area contributed by atoms with Crippen molar-refractivity contribution >= 4 is 11.7 Å². The van der Waals surface area contributed by atoms with Crippen LogP contribution in [0, 0.1) is 0 Å². The van der Waals surface area contributed by atoms with Crippen LogP contribution in [-0.2, 0) is 4.74 Å². The fraction of sp³-hybridized carbons (Fsp3) is 0.476. The normalized spacial score (nSPS) is 21.3. The zero-order valence-electron chi connectivity index (χ0n) is 15.5. The van der Waals surface area contributed by atoms with Crippen molar-refractivity contribution < 1.29 is 13.9 Å². The van der Waals surface area contributed by atoms with Crippen LogP contribution in [0.3, 0.4) is 0 Å². The van der Waals surface area contributed by atoms with Gasteiger partial charge in [0, 0.05) is 43.5 Å². The van der Waals surface area contributed by atoms with Crippen LogP contribution in [0.5, 0.6) is 0 Å². The number of piperidine rings is 1. The summed E-state index contributed by atoms with van der Waals surface area (Å²) in [6.45, 7) is 3.96. The largest absolute Gasteiger partial charge is 0.464 e. The lowest BCUT2D eigenvalue weighted by Crippen LogP contribution is -2.47. The molecule has 0 aliphatic carbocycles. The minimum atomic E-state index is -0.149. The number of ether oxygens (including phenoxy) is 1. The number of amides is 2. The number of carbonyl (C=O) groups is 1. The maximum absolute atomic E-state index is 12.4. The van der Waals surface area contributed by atoms with Crippen molar-refractivity contribution in [3.05, 3.63) is 42.7 Å². The molecule has 4 rings (SSSR count). The summed E-state index contributed by atoms with van der Waals surface area (Å²) >= 11 is 0. The molecule has 0 bridgehead atoms. The summed E-state index contributed by atoms with van der Waals surface area (Å²) in [5.74, 6) is 0.790. The lowest BCUT2D eigenvalue weighted by atomic mass is 10.0. The van der Waals surface area contributed by atoms with Gasteiger partial charge in [0.1, 0.15) is 5.76 Å². The van der Waals surface area contributed by atoms with Crippen molar-refractivity contribution in [2.75, 3.05) is 31.6 Å². The van der Waals surface area contributed by atoms with E-state index in [0.29, 0.717) is 6.10 Å². The molecule has 1 aromatic carbocycles. The van der Waals surface area contributed by atoms with Gasteiger partial charge in [0.25, 0.3) is 0 Å². The Kier molecular flexibility index (Phi) is 5.75. The van der Waals surface area contributed by atoms with Crippen molar-refractivity contribution in [2.24, 2.45) is 0 Å². The van der Waals surface area contributed by atoms with Crippen molar-refractivity contribution in [1.29, 1.82) is 0 Å². The zero-order chi connectivity index (χ0) is 18.5. The fourth-order valence-electron chi connectivity index (χ4n) is 3.88. The number of nitrogens with one attached hydrogen (secondary N) is 2. The van der Waals surface area contributed by atoms with Gasteiger partial charge in [0.2, 0.25) is 0 Å². The Hall–Kier alpha value is -2.31. The SMILES string of the molecule is O=C(Nc1cccc(-c2ccco2)c1)NC1CCN(C[C@H]2CCCO2)CC1. The minimum absolute atomic E-state index is 0.149. The molecular formula is C21H27N3O3. The second kappa shape index (κ2) is 8.59. The molecule has 144 valence electrons. The molecule has 1 atom stereocenters. The number of hydrogen-bond acceptors (Lipinski definition) is 4. The topological polar surface area (TPSA) is 66.7 Å². The maximum Gasteiger partial charge on any atom is 0.319 e. The molecule has 6 heteroatoms. The second-order valence-electron chi connectivity index (χ2n) is 7.37. The minimum Gasteiger partial charge on any atom is -0.464 e. The highest BCUT2D eigenvalue weighted by Gasteiger charge is 2.24. The quantitative estimate of drug-likeness (QED) is 0.843. The van der Waals surface area contributed by atoms with Crippen LogP contribution in [0.1, 0.15) is 25.7 Å². The Morgan fingerprint density at radius 2 is 2.04 bits per heavy atom. The number of anilines is 1. The van der Waals surface area contributed by atoms with E-state index < -0.39 is 0 Å². The van der Waals surface area contributed by atoms with Gasteiger partial charge in [-0.25, -0.2) is 4.79 Å². The molecule has 2 fully saturated rings. The summed E-state index contributed by atoms with van der Waals surface area (Å²) in [6, 6.07) is 11.5. The summed E-state index contributed by atoms with van der Waals surface area (Å²) < 4.78 is 11.1.